The molecule has 254 valence electrons. The topological polar surface area (TPSA) is 105 Å². The summed E-state index contributed by atoms with van der Waals surface area (Å²) >= 11 is 3.37. The molecule has 9 nitrogen and oxygen atoms in total. The summed E-state index contributed by atoms with van der Waals surface area (Å²) in [6.07, 6.45) is 1.91. The first-order valence-corrected chi connectivity index (χ1v) is 18.1. The third-order valence-corrected chi connectivity index (χ3v) is 10.0. The lowest BCUT2D eigenvalue weighted by Gasteiger charge is -2.34. The zero-order chi connectivity index (χ0) is 34.5. The number of ether oxygens (including phenoxy) is 2. The largest absolute Gasteiger partial charge is 0.497 e. The molecule has 0 fully saturated rings. The highest BCUT2D eigenvalue weighted by atomic mass is 79.9. The SMILES string of the molecule is CCCCNC(=O)C(Cc1ccccc1)N(Cc1cccc(OC)c1)C(=O)CN(c1ccc(OCC)cc1)S(=O)(=O)c1ccc(Br)cc1. The lowest BCUT2D eigenvalue weighted by Crippen LogP contribution is -2.53. The van der Waals surface area contributed by atoms with E-state index in [-0.39, 0.29) is 29.5 Å². The van der Waals surface area contributed by atoms with Crippen LogP contribution in [-0.4, -0.2) is 58.0 Å². The van der Waals surface area contributed by atoms with Gasteiger partial charge in [-0.15, -0.1) is 0 Å². The van der Waals surface area contributed by atoms with Gasteiger partial charge in [-0.1, -0.05) is 71.7 Å². The van der Waals surface area contributed by atoms with Crippen LogP contribution in [0.4, 0.5) is 5.69 Å². The first kappa shape index (κ1) is 36.5. The van der Waals surface area contributed by atoms with Crippen LogP contribution in [0.15, 0.2) is 112 Å². The van der Waals surface area contributed by atoms with Crippen LogP contribution in [0.5, 0.6) is 11.5 Å². The molecule has 0 aliphatic carbocycles. The third kappa shape index (κ3) is 9.84. The highest BCUT2D eigenvalue weighted by Gasteiger charge is 2.34. The molecule has 2 amide bonds. The van der Waals surface area contributed by atoms with Crippen LogP contribution < -0.4 is 19.1 Å². The molecule has 0 saturated carbocycles. The summed E-state index contributed by atoms with van der Waals surface area (Å²) in [5.74, 6) is 0.312. The summed E-state index contributed by atoms with van der Waals surface area (Å²) in [6, 6.07) is 28.6. The van der Waals surface area contributed by atoms with Gasteiger partial charge in [0.25, 0.3) is 10.0 Å². The van der Waals surface area contributed by atoms with Crippen molar-refractivity contribution in [2.24, 2.45) is 0 Å². The molecule has 1 unspecified atom stereocenters. The predicted octanol–water partition coefficient (Wildman–Crippen LogP) is 6.61. The summed E-state index contributed by atoms with van der Waals surface area (Å²) in [5.41, 5.74) is 1.87. The molecule has 4 aromatic carbocycles. The molecule has 1 atom stereocenters. The molecular weight excluding hydrogens is 694 g/mol. The Kier molecular flexibility index (Phi) is 13.5. The van der Waals surface area contributed by atoms with Gasteiger partial charge in [0.15, 0.2) is 0 Å². The lowest BCUT2D eigenvalue weighted by molar-refractivity contribution is -0.140. The molecule has 0 radical (unpaired) electrons. The van der Waals surface area contributed by atoms with Gasteiger partial charge >= 0.3 is 0 Å². The summed E-state index contributed by atoms with van der Waals surface area (Å²) < 4.78 is 41.3. The van der Waals surface area contributed by atoms with Crippen molar-refractivity contribution in [3.63, 3.8) is 0 Å². The number of methoxy groups -OCH3 is 1. The molecule has 0 aliphatic heterocycles. The Bertz CT molecular complexity index is 1740. The molecule has 11 heteroatoms. The predicted molar refractivity (Wildman–Crippen MR) is 192 cm³/mol. The minimum absolute atomic E-state index is 0.0184. The normalized spacial score (nSPS) is 11.8. The number of amides is 2. The van der Waals surface area contributed by atoms with Gasteiger partial charge in [-0.05, 0) is 85.1 Å². The molecular formula is C37H42BrN3O6S. The van der Waals surface area contributed by atoms with Crippen LogP contribution in [-0.2, 0) is 32.6 Å². The average molecular weight is 737 g/mol. The number of benzene rings is 4. The number of carbonyl (C=O) groups excluding carboxylic acids is 2. The fourth-order valence-electron chi connectivity index (χ4n) is 5.17. The average Bonchev–Trinajstić information content (AvgIpc) is 3.10. The van der Waals surface area contributed by atoms with Gasteiger partial charge in [0, 0.05) is 24.0 Å². The molecule has 1 N–H and O–H groups in total. The van der Waals surface area contributed by atoms with E-state index >= 15 is 0 Å². The number of halogens is 1. The number of nitrogens with zero attached hydrogens (tertiary/aromatic N) is 2. The van der Waals surface area contributed by atoms with Crippen molar-refractivity contribution in [2.45, 2.75) is 50.6 Å². The standard InChI is InChI=1S/C37H42BrN3O6S/c1-4-6-23-39-37(43)35(25-28-11-8-7-9-12-28)40(26-29-13-10-14-33(24-29)46-3)36(42)27-41(31-17-19-32(20-18-31)47-5-2)48(44,45)34-21-15-30(38)16-22-34/h7-22,24,35H,4-6,23,25-27H2,1-3H3,(H,39,43). The van der Waals surface area contributed by atoms with E-state index in [0.29, 0.717) is 29.1 Å². The van der Waals surface area contributed by atoms with Crippen LogP contribution in [0.25, 0.3) is 0 Å². The Morgan fingerprint density at radius 1 is 0.854 bits per heavy atom. The van der Waals surface area contributed by atoms with Crippen molar-refractivity contribution < 1.29 is 27.5 Å². The van der Waals surface area contributed by atoms with E-state index in [1.807, 2.05) is 56.3 Å². The first-order chi connectivity index (χ1) is 23.2. The number of nitrogens with one attached hydrogen (secondary N) is 1. The van der Waals surface area contributed by atoms with Crippen LogP contribution in [0.2, 0.25) is 0 Å². The number of hydrogen-bond donors (Lipinski definition) is 1. The van der Waals surface area contributed by atoms with Crippen molar-refractivity contribution in [3.8, 4) is 11.5 Å². The highest BCUT2D eigenvalue weighted by molar-refractivity contribution is 9.10. The van der Waals surface area contributed by atoms with Crippen LogP contribution in [0, 0.1) is 0 Å². The number of anilines is 1. The van der Waals surface area contributed by atoms with Crippen molar-refractivity contribution >= 4 is 43.5 Å². The maximum absolute atomic E-state index is 14.6. The third-order valence-electron chi connectivity index (χ3n) is 7.70. The molecule has 0 heterocycles. The van der Waals surface area contributed by atoms with E-state index < -0.39 is 28.5 Å². The van der Waals surface area contributed by atoms with Crippen molar-refractivity contribution in [2.75, 3.05) is 31.1 Å². The minimum Gasteiger partial charge on any atom is -0.497 e. The molecule has 4 aromatic rings. The van der Waals surface area contributed by atoms with Gasteiger partial charge in [0.1, 0.15) is 24.1 Å². The fourth-order valence-corrected chi connectivity index (χ4v) is 6.84. The van der Waals surface area contributed by atoms with Crippen molar-refractivity contribution in [3.05, 3.63) is 119 Å². The summed E-state index contributed by atoms with van der Waals surface area (Å²) in [5, 5.41) is 3.00. The van der Waals surface area contributed by atoms with Crippen molar-refractivity contribution in [1.29, 1.82) is 0 Å². The van der Waals surface area contributed by atoms with Gasteiger partial charge < -0.3 is 19.7 Å². The molecule has 0 bridgehead atoms. The Morgan fingerprint density at radius 3 is 2.19 bits per heavy atom. The Hall–Kier alpha value is -4.35. The number of rotatable bonds is 17. The second-order valence-electron chi connectivity index (χ2n) is 11.1. The zero-order valence-electron chi connectivity index (χ0n) is 27.5. The maximum atomic E-state index is 14.6. The molecule has 0 saturated heterocycles. The quantitative estimate of drug-likeness (QED) is 0.123. The minimum atomic E-state index is -4.23. The fraction of sp³-hybridized carbons (Fsp3) is 0.297. The van der Waals surface area contributed by atoms with Crippen LogP contribution in [0.1, 0.15) is 37.8 Å². The van der Waals surface area contributed by atoms with E-state index in [1.54, 1.807) is 55.6 Å². The number of unbranched alkanes of at least 4 members (excludes halogenated alkanes) is 1. The van der Waals surface area contributed by atoms with E-state index in [0.717, 1.165) is 28.3 Å². The monoisotopic (exact) mass is 735 g/mol. The van der Waals surface area contributed by atoms with Gasteiger partial charge in [-0.25, -0.2) is 8.42 Å². The second kappa shape index (κ2) is 17.7. The number of hydrogen-bond acceptors (Lipinski definition) is 6. The molecule has 0 spiro atoms. The van der Waals surface area contributed by atoms with Gasteiger partial charge in [0.05, 0.1) is 24.3 Å². The van der Waals surface area contributed by atoms with Gasteiger partial charge in [0.2, 0.25) is 11.8 Å². The van der Waals surface area contributed by atoms with E-state index in [1.165, 1.54) is 17.0 Å². The first-order valence-electron chi connectivity index (χ1n) is 15.9. The summed E-state index contributed by atoms with van der Waals surface area (Å²) in [7, 11) is -2.67. The number of sulfonamides is 1. The summed E-state index contributed by atoms with van der Waals surface area (Å²) in [4.78, 5) is 30.0. The van der Waals surface area contributed by atoms with Crippen LogP contribution >= 0.6 is 15.9 Å². The van der Waals surface area contributed by atoms with Crippen molar-refractivity contribution in [1.82, 2.24) is 10.2 Å². The van der Waals surface area contributed by atoms with E-state index in [2.05, 4.69) is 21.2 Å². The van der Waals surface area contributed by atoms with Crippen LogP contribution in [0.3, 0.4) is 0 Å². The highest BCUT2D eigenvalue weighted by Crippen LogP contribution is 2.28. The van der Waals surface area contributed by atoms with E-state index in [4.69, 9.17) is 9.47 Å². The van der Waals surface area contributed by atoms with Gasteiger partial charge in [-0.2, -0.15) is 0 Å². The zero-order valence-corrected chi connectivity index (χ0v) is 29.9. The Labute approximate surface area is 292 Å². The Morgan fingerprint density at radius 2 is 1.54 bits per heavy atom. The number of carbonyl (C=O) groups is 2. The smallest absolute Gasteiger partial charge is 0.264 e. The second-order valence-corrected chi connectivity index (χ2v) is 13.9. The molecule has 0 aromatic heterocycles. The lowest BCUT2D eigenvalue weighted by atomic mass is 10.0. The van der Waals surface area contributed by atoms with Gasteiger partial charge in [-0.3, -0.25) is 13.9 Å². The molecule has 4 rings (SSSR count). The summed E-state index contributed by atoms with van der Waals surface area (Å²) in [6.45, 7) is 4.29. The molecule has 48 heavy (non-hydrogen) atoms. The maximum Gasteiger partial charge on any atom is 0.264 e. The van der Waals surface area contributed by atoms with E-state index in [9.17, 15) is 18.0 Å². The Balaban J connectivity index is 1.80. The molecule has 0 aliphatic rings.